The van der Waals surface area contributed by atoms with E-state index in [1.165, 1.54) is 12.1 Å². The molecule has 1 aromatic heterocycles. The summed E-state index contributed by atoms with van der Waals surface area (Å²) in [6.07, 6.45) is 3.15. The quantitative estimate of drug-likeness (QED) is 0.320. The summed E-state index contributed by atoms with van der Waals surface area (Å²) in [5, 5.41) is 0.608. The molecule has 0 spiro atoms. The Balaban J connectivity index is 1.71. The van der Waals surface area contributed by atoms with Gasteiger partial charge in [0.25, 0.3) is 0 Å². The second-order valence-corrected chi connectivity index (χ2v) is 11.0. The van der Waals surface area contributed by atoms with E-state index in [9.17, 15) is 18.0 Å². The van der Waals surface area contributed by atoms with Crippen molar-refractivity contribution in [3.63, 3.8) is 0 Å². The van der Waals surface area contributed by atoms with E-state index < -0.39 is 22.0 Å². The first-order valence-electron chi connectivity index (χ1n) is 11.5. The zero-order valence-corrected chi connectivity index (χ0v) is 20.6. The van der Waals surface area contributed by atoms with Crippen LogP contribution in [0.1, 0.15) is 48.9 Å². The number of nitrogens with one attached hydrogen (secondary N) is 1. The summed E-state index contributed by atoms with van der Waals surface area (Å²) >= 11 is 0. The standard InChI is InChI=1S/C26H29NO6S/c1-15(2)24(27-34(30,31)18-11-9-16(3)10-12-18)26(29)33-22-14-17(4)13-21-23(22)19-7-5-6-8-20(19)25(28)32-21/h9-15,24,27H,5-8H2,1-4H3/t24-/m1/s1. The Kier molecular flexibility index (Phi) is 6.64. The highest BCUT2D eigenvalue weighted by Crippen LogP contribution is 2.35. The van der Waals surface area contributed by atoms with Gasteiger partial charge in [-0.3, -0.25) is 0 Å². The van der Waals surface area contributed by atoms with Crippen LogP contribution in [-0.2, 0) is 27.7 Å². The minimum absolute atomic E-state index is 0.0772. The molecule has 4 rings (SSSR count). The van der Waals surface area contributed by atoms with Gasteiger partial charge in [-0.15, -0.1) is 0 Å². The summed E-state index contributed by atoms with van der Waals surface area (Å²) in [5.74, 6) is -0.800. The summed E-state index contributed by atoms with van der Waals surface area (Å²) in [5.41, 5.74) is 3.18. The number of fused-ring (bicyclic) bond motifs is 3. The van der Waals surface area contributed by atoms with Crippen LogP contribution in [-0.4, -0.2) is 20.4 Å². The van der Waals surface area contributed by atoms with Crippen molar-refractivity contribution in [2.45, 2.75) is 64.3 Å². The van der Waals surface area contributed by atoms with E-state index >= 15 is 0 Å². The lowest BCUT2D eigenvalue weighted by atomic mass is 9.90. The Morgan fingerprint density at radius 2 is 1.65 bits per heavy atom. The molecule has 1 aliphatic rings. The monoisotopic (exact) mass is 483 g/mol. The van der Waals surface area contributed by atoms with Crippen LogP contribution in [0.25, 0.3) is 11.0 Å². The summed E-state index contributed by atoms with van der Waals surface area (Å²) in [6, 6.07) is 8.78. The third kappa shape index (κ3) is 4.79. The van der Waals surface area contributed by atoms with E-state index in [1.54, 1.807) is 38.1 Å². The van der Waals surface area contributed by atoms with Crippen LogP contribution in [0, 0.1) is 19.8 Å². The Hall–Kier alpha value is -2.97. The van der Waals surface area contributed by atoms with Crippen molar-refractivity contribution >= 4 is 27.0 Å². The van der Waals surface area contributed by atoms with Crippen LogP contribution in [0.3, 0.4) is 0 Å². The van der Waals surface area contributed by atoms with Gasteiger partial charge in [-0.05, 0) is 80.8 Å². The summed E-state index contributed by atoms with van der Waals surface area (Å²) in [4.78, 5) is 25.8. The molecule has 0 saturated heterocycles. The van der Waals surface area contributed by atoms with Crippen LogP contribution in [0.15, 0.2) is 50.5 Å². The van der Waals surface area contributed by atoms with E-state index in [4.69, 9.17) is 9.15 Å². The molecule has 34 heavy (non-hydrogen) atoms. The van der Waals surface area contributed by atoms with Crippen molar-refractivity contribution in [3.8, 4) is 5.75 Å². The van der Waals surface area contributed by atoms with Gasteiger partial charge >= 0.3 is 11.6 Å². The van der Waals surface area contributed by atoms with Crippen LogP contribution < -0.4 is 15.1 Å². The predicted molar refractivity (Wildman–Crippen MR) is 130 cm³/mol. The van der Waals surface area contributed by atoms with Crippen molar-refractivity contribution in [2.75, 3.05) is 0 Å². The maximum Gasteiger partial charge on any atom is 0.339 e. The lowest BCUT2D eigenvalue weighted by Gasteiger charge is -2.22. The highest BCUT2D eigenvalue weighted by molar-refractivity contribution is 7.89. The highest BCUT2D eigenvalue weighted by atomic mass is 32.2. The second-order valence-electron chi connectivity index (χ2n) is 9.27. The zero-order chi connectivity index (χ0) is 24.6. The average molecular weight is 484 g/mol. The number of carbonyl (C=O) groups is 1. The van der Waals surface area contributed by atoms with Gasteiger partial charge in [-0.25, -0.2) is 18.0 Å². The first-order valence-corrected chi connectivity index (χ1v) is 12.9. The maximum absolute atomic E-state index is 13.3. The number of hydrogen-bond donors (Lipinski definition) is 1. The summed E-state index contributed by atoms with van der Waals surface area (Å²) in [7, 11) is -3.94. The molecule has 7 nitrogen and oxygen atoms in total. The van der Waals surface area contributed by atoms with Crippen molar-refractivity contribution in [3.05, 3.63) is 69.1 Å². The van der Waals surface area contributed by atoms with Gasteiger partial charge in [0.15, 0.2) is 0 Å². The Morgan fingerprint density at radius 3 is 2.29 bits per heavy atom. The average Bonchev–Trinajstić information content (AvgIpc) is 2.77. The normalized spacial score (nSPS) is 14.7. The van der Waals surface area contributed by atoms with Crippen molar-refractivity contribution in [2.24, 2.45) is 5.92 Å². The van der Waals surface area contributed by atoms with Gasteiger partial charge < -0.3 is 9.15 Å². The molecule has 1 aliphatic carbocycles. The molecule has 0 fully saturated rings. The maximum atomic E-state index is 13.3. The van der Waals surface area contributed by atoms with E-state index in [1.807, 2.05) is 13.8 Å². The van der Waals surface area contributed by atoms with Crippen molar-refractivity contribution < 1.29 is 22.4 Å². The molecule has 2 aromatic carbocycles. The number of ether oxygens (including phenoxy) is 1. The molecule has 0 radical (unpaired) electrons. The summed E-state index contributed by atoms with van der Waals surface area (Å²) in [6.45, 7) is 7.18. The molecule has 1 N–H and O–H groups in total. The number of carbonyl (C=O) groups excluding carboxylic acids is 1. The molecular weight excluding hydrogens is 454 g/mol. The smallest absolute Gasteiger partial charge is 0.339 e. The second kappa shape index (κ2) is 9.35. The zero-order valence-electron chi connectivity index (χ0n) is 19.8. The van der Waals surface area contributed by atoms with Crippen LogP contribution in [0.5, 0.6) is 5.75 Å². The predicted octanol–water partition coefficient (Wildman–Crippen LogP) is 4.20. The van der Waals surface area contributed by atoms with E-state index in [2.05, 4.69) is 4.72 Å². The lowest BCUT2D eigenvalue weighted by Crippen LogP contribution is -2.46. The first kappa shape index (κ1) is 24.2. The fourth-order valence-electron chi connectivity index (χ4n) is 4.33. The molecule has 0 saturated carbocycles. The Bertz CT molecular complexity index is 1400. The Morgan fingerprint density at radius 1 is 1.00 bits per heavy atom. The third-order valence-electron chi connectivity index (χ3n) is 6.17. The topological polar surface area (TPSA) is 103 Å². The molecular formula is C26H29NO6S. The number of esters is 1. The first-order chi connectivity index (χ1) is 16.1. The van der Waals surface area contributed by atoms with E-state index in [0.29, 0.717) is 29.4 Å². The third-order valence-corrected chi connectivity index (χ3v) is 7.63. The molecule has 0 aliphatic heterocycles. The molecule has 3 aromatic rings. The van der Waals surface area contributed by atoms with E-state index in [0.717, 1.165) is 29.5 Å². The van der Waals surface area contributed by atoms with Crippen molar-refractivity contribution in [1.82, 2.24) is 4.72 Å². The van der Waals surface area contributed by atoms with Gasteiger partial charge in [0.05, 0.1) is 10.3 Å². The van der Waals surface area contributed by atoms with Crippen LogP contribution in [0.4, 0.5) is 0 Å². The minimum Gasteiger partial charge on any atom is -0.425 e. The number of hydrogen-bond acceptors (Lipinski definition) is 6. The molecule has 0 bridgehead atoms. The molecule has 0 unspecified atom stereocenters. The lowest BCUT2D eigenvalue weighted by molar-refractivity contribution is -0.137. The number of rotatable bonds is 6. The van der Waals surface area contributed by atoms with Gasteiger partial charge in [-0.2, -0.15) is 4.72 Å². The Labute approximate surface area is 199 Å². The number of benzene rings is 2. The van der Waals surface area contributed by atoms with Gasteiger partial charge in [0, 0.05) is 5.56 Å². The molecule has 1 atom stereocenters. The molecule has 8 heteroatoms. The summed E-state index contributed by atoms with van der Waals surface area (Å²) < 4.78 is 39.8. The number of sulfonamides is 1. The highest BCUT2D eigenvalue weighted by Gasteiger charge is 2.31. The van der Waals surface area contributed by atoms with Crippen molar-refractivity contribution in [1.29, 1.82) is 0 Å². The fourth-order valence-corrected chi connectivity index (χ4v) is 5.66. The van der Waals surface area contributed by atoms with Gasteiger partial charge in [-0.1, -0.05) is 31.5 Å². The molecule has 0 amide bonds. The minimum atomic E-state index is -3.94. The van der Waals surface area contributed by atoms with Crippen LogP contribution in [0.2, 0.25) is 0 Å². The van der Waals surface area contributed by atoms with Gasteiger partial charge in [0.1, 0.15) is 17.4 Å². The number of aryl methyl sites for hydroxylation is 3. The van der Waals surface area contributed by atoms with Crippen LogP contribution >= 0.6 is 0 Å². The fraction of sp³-hybridized carbons (Fsp3) is 0.385. The molecule has 180 valence electrons. The van der Waals surface area contributed by atoms with Gasteiger partial charge in [0.2, 0.25) is 10.0 Å². The largest absolute Gasteiger partial charge is 0.425 e. The van der Waals surface area contributed by atoms with E-state index in [-0.39, 0.29) is 22.2 Å². The molecule has 1 heterocycles. The SMILES string of the molecule is Cc1ccc(S(=O)(=O)N[C@@H](C(=O)Oc2cc(C)cc3oc(=O)c4c(c23)CCCC4)C(C)C)cc1.